The maximum Gasteiger partial charge on any atom is 0.243 e. The van der Waals surface area contributed by atoms with Crippen LogP contribution in [0.1, 0.15) is 18.9 Å². The molecular formula is C14H22N2O2S. The van der Waals surface area contributed by atoms with Gasteiger partial charge in [0.15, 0.2) is 0 Å². The van der Waals surface area contributed by atoms with E-state index in [1.54, 1.807) is 16.4 Å². The molecule has 19 heavy (non-hydrogen) atoms. The second-order valence-corrected chi connectivity index (χ2v) is 7.04. The van der Waals surface area contributed by atoms with Crippen LogP contribution in [0.15, 0.2) is 29.2 Å². The van der Waals surface area contributed by atoms with E-state index >= 15 is 0 Å². The smallest absolute Gasteiger partial charge is 0.243 e. The van der Waals surface area contributed by atoms with E-state index < -0.39 is 10.0 Å². The van der Waals surface area contributed by atoms with Crippen LogP contribution in [0.3, 0.4) is 0 Å². The molecule has 0 atom stereocenters. The number of aryl methyl sites for hydroxylation is 1. The Hall–Kier alpha value is -0.910. The molecule has 5 heteroatoms. The van der Waals surface area contributed by atoms with Gasteiger partial charge in [0.2, 0.25) is 10.0 Å². The van der Waals surface area contributed by atoms with E-state index in [1.807, 2.05) is 19.2 Å². The van der Waals surface area contributed by atoms with Crippen molar-refractivity contribution in [2.75, 3.05) is 33.2 Å². The third-order valence-electron chi connectivity index (χ3n) is 3.56. The van der Waals surface area contributed by atoms with E-state index in [9.17, 15) is 8.42 Å². The van der Waals surface area contributed by atoms with E-state index in [-0.39, 0.29) is 0 Å². The SMILES string of the molecule is CCCc1ccc(S(=O)(=O)N2CCN(C)CC2)cc1. The standard InChI is InChI=1S/C14H22N2O2S/c1-3-4-13-5-7-14(8-6-13)19(17,18)16-11-9-15(2)10-12-16/h5-8H,3-4,9-12H2,1-2H3. The molecular weight excluding hydrogens is 260 g/mol. The first-order valence-electron chi connectivity index (χ1n) is 6.81. The summed E-state index contributed by atoms with van der Waals surface area (Å²) >= 11 is 0. The lowest BCUT2D eigenvalue weighted by Crippen LogP contribution is -2.46. The van der Waals surface area contributed by atoms with Crippen LogP contribution in [-0.4, -0.2) is 50.8 Å². The lowest BCUT2D eigenvalue weighted by atomic mass is 10.1. The van der Waals surface area contributed by atoms with Gasteiger partial charge in [-0.3, -0.25) is 0 Å². The van der Waals surface area contributed by atoms with E-state index in [0.717, 1.165) is 25.9 Å². The molecule has 0 bridgehead atoms. The summed E-state index contributed by atoms with van der Waals surface area (Å²) < 4.78 is 26.5. The Morgan fingerprint density at radius 1 is 1.05 bits per heavy atom. The van der Waals surface area contributed by atoms with Gasteiger partial charge in [-0.2, -0.15) is 4.31 Å². The van der Waals surface area contributed by atoms with Gasteiger partial charge in [-0.1, -0.05) is 25.5 Å². The molecule has 1 aromatic rings. The average molecular weight is 282 g/mol. The third kappa shape index (κ3) is 3.35. The van der Waals surface area contributed by atoms with Crippen LogP contribution >= 0.6 is 0 Å². The van der Waals surface area contributed by atoms with Crippen LogP contribution in [0.4, 0.5) is 0 Å². The summed E-state index contributed by atoms with van der Waals surface area (Å²) in [5, 5.41) is 0. The Morgan fingerprint density at radius 2 is 1.63 bits per heavy atom. The van der Waals surface area contributed by atoms with Gasteiger partial charge in [-0.25, -0.2) is 8.42 Å². The van der Waals surface area contributed by atoms with Gasteiger partial charge in [-0.15, -0.1) is 0 Å². The number of piperazine rings is 1. The van der Waals surface area contributed by atoms with Crippen molar-refractivity contribution in [3.05, 3.63) is 29.8 Å². The summed E-state index contributed by atoms with van der Waals surface area (Å²) in [5.74, 6) is 0. The van der Waals surface area contributed by atoms with E-state index in [1.165, 1.54) is 5.56 Å². The third-order valence-corrected chi connectivity index (χ3v) is 5.47. The van der Waals surface area contributed by atoms with Crippen molar-refractivity contribution in [1.29, 1.82) is 0 Å². The summed E-state index contributed by atoms with van der Waals surface area (Å²) in [6.07, 6.45) is 2.07. The van der Waals surface area contributed by atoms with Crippen molar-refractivity contribution in [2.24, 2.45) is 0 Å². The summed E-state index contributed by atoms with van der Waals surface area (Å²) in [6.45, 7) is 4.88. The van der Waals surface area contributed by atoms with Crippen molar-refractivity contribution in [1.82, 2.24) is 9.21 Å². The minimum Gasteiger partial charge on any atom is -0.304 e. The Morgan fingerprint density at radius 3 is 2.16 bits per heavy atom. The monoisotopic (exact) mass is 282 g/mol. The number of likely N-dealkylation sites (N-methyl/N-ethyl adjacent to an activating group) is 1. The maximum absolute atomic E-state index is 12.5. The minimum absolute atomic E-state index is 0.414. The molecule has 106 valence electrons. The van der Waals surface area contributed by atoms with E-state index in [4.69, 9.17) is 0 Å². The zero-order valence-electron chi connectivity index (χ0n) is 11.7. The first kappa shape index (κ1) is 14.5. The van der Waals surface area contributed by atoms with Crippen molar-refractivity contribution in [3.63, 3.8) is 0 Å². The Kier molecular flexibility index (Phi) is 4.60. The molecule has 0 spiro atoms. The topological polar surface area (TPSA) is 40.6 Å². The molecule has 1 aliphatic rings. The fourth-order valence-electron chi connectivity index (χ4n) is 2.29. The molecule has 0 aliphatic carbocycles. The number of sulfonamides is 1. The predicted octanol–water partition coefficient (Wildman–Crippen LogP) is 1.58. The molecule has 1 fully saturated rings. The molecule has 1 heterocycles. The van der Waals surface area contributed by atoms with Crippen LogP contribution in [-0.2, 0) is 16.4 Å². The minimum atomic E-state index is -3.31. The Labute approximate surface area is 116 Å². The highest BCUT2D eigenvalue weighted by Crippen LogP contribution is 2.18. The number of hydrogen-bond acceptors (Lipinski definition) is 3. The van der Waals surface area contributed by atoms with Gasteiger partial charge < -0.3 is 4.90 Å². The molecule has 0 N–H and O–H groups in total. The molecule has 0 radical (unpaired) electrons. The highest BCUT2D eigenvalue weighted by atomic mass is 32.2. The molecule has 1 aromatic carbocycles. The lowest BCUT2D eigenvalue weighted by molar-refractivity contribution is 0.222. The summed E-state index contributed by atoms with van der Waals surface area (Å²) in [4.78, 5) is 2.56. The van der Waals surface area contributed by atoms with Crippen molar-refractivity contribution in [3.8, 4) is 0 Å². The van der Waals surface area contributed by atoms with Gasteiger partial charge >= 0.3 is 0 Å². The zero-order valence-corrected chi connectivity index (χ0v) is 12.5. The fraction of sp³-hybridized carbons (Fsp3) is 0.571. The highest BCUT2D eigenvalue weighted by molar-refractivity contribution is 7.89. The van der Waals surface area contributed by atoms with E-state index in [2.05, 4.69) is 11.8 Å². The second kappa shape index (κ2) is 6.03. The number of rotatable bonds is 4. The highest BCUT2D eigenvalue weighted by Gasteiger charge is 2.27. The lowest BCUT2D eigenvalue weighted by Gasteiger charge is -2.31. The first-order valence-corrected chi connectivity index (χ1v) is 8.25. The molecule has 0 unspecified atom stereocenters. The molecule has 0 amide bonds. The number of benzene rings is 1. The molecule has 1 saturated heterocycles. The van der Waals surface area contributed by atoms with E-state index in [0.29, 0.717) is 18.0 Å². The zero-order chi connectivity index (χ0) is 13.9. The maximum atomic E-state index is 12.5. The van der Waals surface area contributed by atoms with Gasteiger partial charge in [0.05, 0.1) is 4.90 Å². The van der Waals surface area contributed by atoms with Gasteiger partial charge in [0, 0.05) is 26.2 Å². The first-order chi connectivity index (χ1) is 9.04. The van der Waals surface area contributed by atoms with Crippen molar-refractivity contribution >= 4 is 10.0 Å². The van der Waals surface area contributed by atoms with Crippen LogP contribution in [0.2, 0.25) is 0 Å². The normalized spacial score (nSPS) is 18.6. The molecule has 1 aliphatic heterocycles. The van der Waals surface area contributed by atoms with Gasteiger partial charge in [-0.05, 0) is 31.2 Å². The van der Waals surface area contributed by atoms with Crippen LogP contribution in [0, 0.1) is 0 Å². The summed E-state index contributed by atoms with van der Waals surface area (Å²) in [6, 6.07) is 7.32. The summed E-state index contributed by atoms with van der Waals surface area (Å²) in [5.41, 5.74) is 1.19. The average Bonchev–Trinajstić information content (AvgIpc) is 2.40. The Bertz CT molecular complexity index is 503. The molecule has 0 aromatic heterocycles. The fourth-order valence-corrected chi connectivity index (χ4v) is 3.72. The Balaban J connectivity index is 2.15. The number of hydrogen-bond donors (Lipinski definition) is 0. The van der Waals surface area contributed by atoms with Crippen molar-refractivity contribution < 1.29 is 8.42 Å². The second-order valence-electron chi connectivity index (χ2n) is 5.10. The number of nitrogens with zero attached hydrogens (tertiary/aromatic N) is 2. The largest absolute Gasteiger partial charge is 0.304 e. The van der Waals surface area contributed by atoms with Crippen LogP contribution in [0.25, 0.3) is 0 Å². The van der Waals surface area contributed by atoms with Crippen molar-refractivity contribution in [2.45, 2.75) is 24.7 Å². The quantitative estimate of drug-likeness (QED) is 0.842. The molecule has 2 rings (SSSR count). The summed E-state index contributed by atoms with van der Waals surface area (Å²) in [7, 11) is -1.29. The predicted molar refractivity (Wildman–Crippen MR) is 76.7 cm³/mol. The van der Waals surface area contributed by atoms with Gasteiger partial charge in [0.25, 0.3) is 0 Å². The molecule has 0 saturated carbocycles. The van der Waals surface area contributed by atoms with Crippen LogP contribution < -0.4 is 0 Å². The van der Waals surface area contributed by atoms with Gasteiger partial charge in [0.1, 0.15) is 0 Å². The van der Waals surface area contributed by atoms with Crippen LogP contribution in [0.5, 0.6) is 0 Å². The molecule has 4 nitrogen and oxygen atoms in total.